The third-order valence-corrected chi connectivity index (χ3v) is 2.98. The number of carboxylic acids is 2. The molecule has 1 aromatic rings. The molecule has 0 fully saturated rings. The first-order valence-electron chi connectivity index (χ1n) is 5.62. The predicted molar refractivity (Wildman–Crippen MR) is 66.6 cm³/mol. The molecule has 0 atom stereocenters. The number of hydrogen-bond donors (Lipinski definition) is 0. The fraction of sp³-hybridized carbons (Fsp3) is 0.455. The van der Waals surface area contributed by atoms with Crippen LogP contribution in [0.25, 0.3) is 5.57 Å². The van der Waals surface area contributed by atoms with Gasteiger partial charge in [0.1, 0.15) is 5.69 Å². The van der Waals surface area contributed by atoms with Crippen LogP contribution in [0, 0.1) is 0 Å². The number of carboxylic acid groups (broad SMARTS) is 2. The minimum absolute atomic E-state index is 0. The van der Waals surface area contributed by atoms with E-state index in [1.165, 1.54) is 17.3 Å². The van der Waals surface area contributed by atoms with Gasteiger partial charge in [0.05, 0.1) is 30.8 Å². The first kappa shape index (κ1) is 24.3. The van der Waals surface area contributed by atoms with E-state index in [9.17, 15) is 0 Å². The molecule has 0 unspecified atom stereocenters. The first-order chi connectivity index (χ1) is 9.45. The van der Waals surface area contributed by atoms with Crippen molar-refractivity contribution in [1.29, 1.82) is 0 Å². The third-order valence-electron chi connectivity index (χ3n) is 2.46. The minimum atomic E-state index is -2.19. The van der Waals surface area contributed by atoms with Gasteiger partial charge < -0.3 is 29.4 Å². The Morgan fingerprint density at radius 2 is 1.86 bits per heavy atom. The summed E-state index contributed by atoms with van der Waals surface area (Å²) in [6, 6.07) is 0. The monoisotopic (exact) mass is 345 g/mol. The van der Waals surface area contributed by atoms with E-state index in [-0.39, 0.29) is 59.1 Å². The molecule has 1 aromatic heterocycles. The topological polar surface area (TPSA) is 119 Å². The van der Waals surface area contributed by atoms with Gasteiger partial charge in [0, 0.05) is 13.1 Å². The van der Waals surface area contributed by atoms with Crippen molar-refractivity contribution >= 4 is 29.2 Å². The predicted octanol–water partition coefficient (Wildman–Crippen LogP) is -8.24. The summed E-state index contributed by atoms with van der Waals surface area (Å²) in [7, 11) is 3.74. The zero-order valence-electron chi connectivity index (χ0n) is 13.0. The number of likely N-dealkylation sites (N-methyl/N-ethyl adjacent to an activating group) is 1. The smallest absolute Gasteiger partial charge is 0.543 e. The number of aromatic nitrogens is 2. The third kappa shape index (κ3) is 8.02. The van der Waals surface area contributed by atoms with Gasteiger partial charge in [-0.2, -0.15) is 4.37 Å². The molecule has 1 aliphatic rings. The normalized spacial score (nSPS) is 13.5. The van der Waals surface area contributed by atoms with Crippen molar-refractivity contribution < 1.29 is 83.7 Å². The van der Waals surface area contributed by atoms with Crippen molar-refractivity contribution in [3.63, 3.8) is 0 Å². The second-order valence-corrected chi connectivity index (χ2v) is 4.48. The molecule has 8 nitrogen and oxygen atoms in total. The number of rotatable bonds is 2. The number of carbonyl (C=O) groups excluding carboxylic acids is 2. The van der Waals surface area contributed by atoms with Gasteiger partial charge >= 0.3 is 59.1 Å². The van der Waals surface area contributed by atoms with Crippen molar-refractivity contribution in [2.45, 2.75) is 6.42 Å². The van der Waals surface area contributed by atoms with Gasteiger partial charge in [0.2, 0.25) is 0 Å². The molecule has 2 heterocycles. The van der Waals surface area contributed by atoms with Crippen LogP contribution in [0.4, 0.5) is 0 Å². The van der Waals surface area contributed by atoms with Gasteiger partial charge in [0.25, 0.3) is 5.88 Å². The van der Waals surface area contributed by atoms with Gasteiger partial charge in [-0.05, 0) is 19.0 Å². The van der Waals surface area contributed by atoms with Gasteiger partial charge in [-0.15, -0.1) is 4.37 Å². The number of hydrogen-bond acceptors (Lipinski definition) is 9. The second-order valence-electron chi connectivity index (χ2n) is 3.95. The van der Waals surface area contributed by atoms with E-state index in [0.717, 1.165) is 25.2 Å². The fourth-order valence-corrected chi connectivity index (χ4v) is 2.13. The number of methoxy groups -OCH3 is 1. The average molecular weight is 345 g/mol. The molecule has 2 rings (SSSR count). The second kappa shape index (κ2) is 12.4. The van der Waals surface area contributed by atoms with Crippen molar-refractivity contribution in [3.05, 3.63) is 11.8 Å². The van der Waals surface area contributed by atoms with Crippen molar-refractivity contribution in [3.8, 4) is 5.88 Å². The Morgan fingerprint density at radius 3 is 2.32 bits per heavy atom. The summed E-state index contributed by atoms with van der Waals surface area (Å²) in [5.74, 6) is -3.72. The maximum absolute atomic E-state index is 8.93. The van der Waals surface area contributed by atoms with E-state index >= 15 is 0 Å². The van der Waals surface area contributed by atoms with Crippen molar-refractivity contribution in [1.82, 2.24) is 13.6 Å². The summed E-state index contributed by atoms with van der Waals surface area (Å²) in [6.07, 6.45) is 3.30. The van der Waals surface area contributed by atoms with Crippen LogP contribution in [0.1, 0.15) is 12.1 Å². The zero-order valence-corrected chi connectivity index (χ0v) is 17.8. The van der Waals surface area contributed by atoms with E-state index in [1.54, 1.807) is 7.11 Å². The van der Waals surface area contributed by atoms with Crippen LogP contribution in [0.15, 0.2) is 6.08 Å². The Labute approximate surface area is 176 Å². The van der Waals surface area contributed by atoms with E-state index in [4.69, 9.17) is 24.5 Å². The molecular formula is C11H13N3Na2O5S. The average Bonchev–Trinajstić information content (AvgIpc) is 2.87. The summed E-state index contributed by atoms with van der Waals surface area (Å²) in [5, 5.41) is 17.9. The molecule has 0 aromatic carbocycles. The molecular weight excluding hydrogens is 332 g/mol. The summed E-state index contributed by atoms with van der Waals surface area (Å²) >= 11 is 1.20. The van der Waals surface area contributed by atoms with E-state index in [2.05, 4.69) is 26.8 Å². The van der Waals surface area contributed by atoms with Gasteiger partial charge in [-0.3, -0.25) is 0 Å². The van der Waals surface area contributed by atoms with Crippen LogP contribution in [0.2, 0.25) is 0 Å². The van der Waals surface area contributed by atoms with E-state index in [0.29, 0.717) is 5.88 Å². The molecule has 0 aliphatic carbocycles. The molecule has 11 heteroatoms. The number of carbonyl (C=O) groups is 2. The van der Waals surface area contributed by atoms with Crippen molar-refractivity contribution in [2.24, 2.45) is 0 Å². The van der Waals surface area contributed by atoms with Crippen molar-refractivity contribution in [2.75, 3.05) is 27.2 Å². The summed E-state index contributed by atoms with van der Waals surface area (Å²) in [6.45, 7) is 2.05. The maximum atomic E-state index is 8.93. The molecule has 0 saturated heterocycles. The van der Waals surface area contributed by atoms with E-state index in [1.807, 2.05) is 0 Å². The molecule has 0 spiro atoms. The Balaban J connectivity index is 0. The van der Waals surface area contributed by atoms with E-state index < -0.39 is 11.9 Å². The van der Waals surface area contributed by atoms with Crippen LogP contribution in [0.5, 0.6) is 5.88 Å². The van der Waals surface area contributed by atoms with Crippen LogP contribution in [0.3, 0.4) is 0 Å². The Morgan fingerprint density at radius 1 is 1.27 bits per heavy atom. The van der Waals surface area contributed by atoms with Gasteiger partial charge in [-0.25, -0.2) is 0 Å². The van der Waals surface area contributed by atoms with Gasteiger partial charge in [0.15, 0.2) is 0 Å². The molecule has 0 amide bonds. The largest absolute Gasteiger partial charge is 1.00 e. The minimum Gasteiger partial charge on any atom is -0.543 e. The Hall–Kier alpha value is 0. The Bertz CT molecular complexity index is 512. The number of aliphatic carboxylic acids is 2. The molecule has 0 radical (unpaired) electrons. The molecule has 0 saturated carbocycles. The molecule has 110 valence electrons. The Kier molecular flexibility index (Phi) is 13.7. The standard InChI is InChI=1S/C9H13N3OS.C2H2O4.2Na/c1-12-5-3-4-7(6-12)8-9(13-2)11-14-10-8;3-1(4)2(5)6;;/h4H,3,5-6H2,1-2H3;(H,3,4)(H,5,6);;/q;;2*+1/p-2. The van der Waals surface area contributed by atoms with Crippen LogP contribution >= 0.6 is 11.7 Å². The molecule has 0 N–H and O–H groups in total. The first-order valence-corrected chi connectivity index (χ1v) is 6.35. The maximum Gasteiger partial charge on any atom is 1.00 e. The summed E-state index contributed by atoms with van der Waals surface area (Å²) in [4.78, 5) is 20.1. The SMILES string of the molecule is COc1nsnc1C1=CCCN(C)C1.O=C([O-])C(=O)[O-].[Na+].[Na+]. The molecule has 1 aliphatic heterocycles. The summed E-state index contributed by atoms with van der Waals surface area (Å²) < 4.78 is 13.5. The number of nitrogens with zero attached hydrogens (tertiary/aromatic N) is 3. The number of ether oxygens (including phenoxy) is 1. The fourth-order valence-electron chi connectivity index (χ4n) is 1.58. The quantitative estimate of drug-likeness (QED) is 0.383. The molecule has 22 heavy (non-hydrogen) atoms. The summed E-state index contributed by atoms with van der Waals surface area (Å²) in [5.41, 5.74) is 2.13. The van der Waals surface area contributed by atoms with Crippen LogP contribution in [-0.4, -0.2) is 52.8 Å². The van der Waals surface area contributed by atoms with Gasteiger partial charge in [-0.1, -0.05) is 6.08 Å². The van der Waals surface area contributed by atoms with Crippen LogP contribution in [-0.2, 0) is 9.59 Å². The molecule has 0 bridgehead atoms. The van der Waals surface area contributed by atoms with Crippen LogP contribution < -0.4 is 74.1 Å². The zero-order chi connectivity index (χ0) is 15.1.